The van der Waals surface area contributed by atoms with E-state index < -0.39 is 0 Å². The van der Waals surface area contributed by atoms with Crippen LogP contribution in [0.4, 0.5) is 0 Å². The Morgan fingerprint density at radius 2 is 1.96 bits per heavy atom. The fourth-order valence-electron chi connectivity index (χ4n) is 2.73. The minimum atomic E-state index is 0. The number of thiophene rings is 1. The van der Waals surface area contributed by atoms with E-state index in [4.69, 9.17) is 9.73 Å². The van der Waals surface area contributed by atoms with Gasteiger partial charge in [-0.25, -0.2) is 0 Å². The number of para-hydroxylation sites is 1. The molecule has 27 heavy (non-hydrogen) atoms. The van der Waals surface area contributed by atoms with Crippen molar-refractivity contribution in [2.45, 2.75) is 19.4 Å². The fourth-order valence-corrected chi connectivity index (χ4v) is 3.65. The van der Waals surface area contributed by atoms with E-state index >= 15 is 0 Å². The molecule has 0 bridgehead atoms. The lowest BCUT2D eigenvalue weighted by molar-refractivity contribution is 0.310. The maximum atomic E-state index is 5.42. The van der Waals surface area contributed by atoms with Gasteiger partial charge in [0, 0.05) is 18.0 Å². The Balaban J connectivity index is 0.00000364. The van der Waals surface area contributed by atoms with E-state index in [1.807, 2.05) is 18.2 Å². The van der Waals surface area contributed by atoms with Gasteiger partial charge in [0.05, 0.1) is 19.7 Å². The number of ether oxygens (including phenoxy) is 1. The van der Waals surface area contributed by atoms with Crippen LogP contribution in [0.1, 0.15) is 23.4 Å². The number of nitrogens with zero attached hydrogens (tertiary/aromatic N) is 2. The van der Waals surface area contributed by atoms with Gasteiger partial charge >= 0.3 is 0 Å². The van der Waals surface area contributed by atoms with Crippen LogP contribution in [0.25, 0.3) is 0 Å². The molecular formula is C20H31IN4OS. The summed E-state index contributed by atoms with van der Waals surface area (Å²) in [7, 11) is 5.91. The lowest BCUT2D eigenvalue weighted by Gasteiger charge is -2.22. The first-order chi connectivity index (χ1) is 12.7. The van der Waals surface area contributed by atoms with Crippen molar-refractivity contribution in [3.05, 3.63) is 52.2 Å². The molecule has 1 unspecified atom stereocenters. The second kappa shape index (κ2) is 13.0. The van der Waals surface area contributed by atoms with Crippen molar-refractivity contribution >= 4 is 41.3 Å². The number of methoxy groups -OCH3 is 1. The summed E-state index contributed by atoms with van der Waals surface area (Å²) in [6, 6.07) is 12.7. The Morgan fingerprint density at radius 3 is 2.59 bits per heavy atom. The third-order valence-corrected chi connectivity index (χ3v) is 5.11. The van der Waals surface area contributed by atoms with Crippen LogP contribution in [0.2, 0.25) is 0 Å². The molecular weight excluding hydrogens is 471 g/mol. The smallest absolute Gasteiger partial charge is 0.191 e. The summed E-state index contributed by atoms with van der Waals surface area (Å²) in [5, 5.41) is 8.88. The van der Waals surface area contributed by atoms with Crippen molar-refractivity contribution in [2.75, 3.05) is 40.8 Å². The zero-order valence-electron chi connectivity index (χ0n) is 16.6. The molecule has 0 fully saturated rings. The molecule has 2 aromatic rings. The van der Waals surface area contributed by atoms with Crippen LogP contribution >= 0.6 is 35.3 Å². The molecule has 1 aromatic heterocycles. The van der Waals surface area contributed by atoms with Gasteiger partial charge in [-0.3, -0.25) is 4.99 Å². The summed E-state index contributed by atoms with van der Waals surface area (Å²) in [6.07, 6.45) is 0.885. The van der Waals surface area contributed by atoms with E-state index in [1.54, 1.807) is 18.4 Å². The average molecular weight is 502 g/mol. The Kier molecular flexibility index (Phi) is 11.4. The van der Waals surface area contributed by atoms with Gasteiger partial charge < -0.3 is 20.3 Å². The number of aliphatic imine (C=N–C) groups is 1. The first-order valence-corrected chi connectivity index (χ1v) is 9.87. The molecule has 0 saturated heterocycles. The molecule has 7 heteroatoms. The zero-order chi connectivity index (χ0) is 18.8. The van der Waals surface area contributed by atoms with Crippen molar-refractivity contribution < 1.29 is 4.74 Å². The standard InChI is InChI=1S/C20H30N4OS.HI/c1-5-21-20(22-13-12-16-9-6-7-10-18(16)25-4)23-15-17(24(2)3)19-11-8-14-26-19;/h6-11,14,17H,5,12-13,15H2,1-4H3,(H2,21,22,23);1H. The molecule has 0 amide bonds. The number of rotatable bonds is 9. The van der Waals surface area contributed by atoms with Crippen LogP contribution < -0.4 is 15.4 Å². The number of nitrogens with one attached hydrogen (secondary N) is 2. The predicted octanol–water partition coefficient (Wildman–Crippen LogP) is 3.78. The highest BCUT2D eigenvalue weighted by Crippen LogP contribution is 2.23. The molecule has 0 aliphatic rings. The van der Waals surface area contributed by atoms with E-state index in [2.05, 4.69) is 60.1 Å². The van der Waals surface area contributed by atoms with E-state index in [1.165, 1.54) is 10.4 Å². The minimum absolute atomic E-state index is 0. The van der Waals surface area contributed by atoms with Crippen LogP contribution in [-0.2, 0) is 6.42 Å². The minimum Gasteiger partial charge on any atom is -0.496 e. The summed E-state index contributed by atoms with van der Waals surface area (Å²) in [6.45, 7) is 4.45. The summed E-state index contributed by atoms with van der Waals surface area (Å²) >= 11 is 1.78. The molecule has 2 rings (SSSR count). The van der Waals surface area contributed by atoms with Gasteiger partial charge in [-0.2, -0.15) is 0 Å². The van der Waals surface area contributed by atoms with Gasteiger partial charge in [-0.15, -0.1) is 35.3 Å². The molecule has 2 N–H and O–H groups in total. The number of benzene rings is 1. The number of hydrogen-bond donors (Lipinski definition) is 2. The lowest BCUT2D eigenvalue weighted by Crippen LogP contribution is -2.39. The summed E-state index contributed by atoms with van der Waals surface area (Å²) in [5.74, 6) is 1.78. The van der Waals surface area contributed by atoms with Crippen molar-refractivity contribution in [1.82, 2.24) is 15.5 Å². The Bertz CT molecular complexity index is 676. The SMILES string of the molecule is CCNC(=NCC(c1cccs1)N(C)C)NCCc1ccccc1OC.I. The largest absolute Gasteiger partial charge is 0.496 e. The summed E-state index contributed by atoms with van der Waals surface area (Å²) in [4.78, 5) is 8.35. The van der Waals surface area contributed by atoms with Gasteiger partial charge in [0.2, 0.25) is 0 Å². The number of halogens is 1. The highest BCUT2D eigenvalue weighted by molar-refractivity contribution is 14.0. The summed E-state index contributed by atoms with van der Waals surface area (Å²) in [5.41, 5.74) is 1.20. The van der Waals surface area contributed by atoms with Crippen molar-refractivity contribution in [1.29, 1.82) is 0 Å². The lowest BCUT2D eigenvalue weighted by atomic mass is 10.1. The molecule has 0 saturated carbocycles. The quantitative estimate of drug-likeness (QED) is 0.312. The maximum Gasteiger partial charge on any atom is 0.191 e. The fraction of sp³-hybridized carbons (Fsp3) is 0.450. The first kappa shape index (κ1) is 23.7. The maximum absolute atomic E-state index is 5.42. The van der Waals surface area contributed by atoms with Crippen LogP contribution in [0, 0.1) is 0 Å². The first-order valence-electron chi connectivity index (χ1n) is 8.99. The summed E-state index contributed by atoms with van der Waals surface area (Å²) < 4.78 is 5.42. The van der Waals surface area contributed by atoms with Gasteiger partial charge in [0.1, 0.15) is 5.75 Å². The predicted molar refractivity (Wildman–Crippen MR) is 127 cm³/mol. The van der Waals surface area contributed by atoms with Crippen molar-refractivity contribution in [3.8, 4) is 5.75 Å². The third kappa shape index (κ3) is 7.67. The van der Waals surface area contributed by atoms with E-state index in [0.29, 0.717) is 6.04 Å². The van der Waals surface area contributed by atoms with Gasteiger partial charge in [0.15, 0.2) is 5.96 Å². The monoisotopic (exact) mass is 502 g/mol. The van der Waals surface area contributed by atoms with Crippen molar-refractivity contribution in [3.63, 3.8) is 0 Å². The molecule has 0 spiro atoms. The van der Waals surface area contributed by atoms with Crippen molar-refractivity contribution in [2.24, 2.45) is 4.99 Å². The molecule has 0 radical (unpaired) electrons. The van der Waals surface area contributed by atoms with Gasteiger partial charge in [-0.1, -0.05) is 24.3 Å². The zero-order valence-corrected chi connectivity index (χ0v) is 19.7. The normalized spacial score (nSPS) is 12.4. The van der Waals surface area contributed by atoms with Gasteiger partial charge in [-0.05, 0) is 50.5 Å². The Hall–Kier alpha value is -1.32. The second-order valence-electron chi connectivity index (χ2n) is 6.20. The molecule has 0 aliphatic heterocycles. The Morgan fingerprint density at radius 1 is 1.19 bits per heavy atom. The van der Waals surface area contributed by atoms with E-state index in [-0.39, 0.29) is 24.0 Å². The van der Waals surface area contributed by atoms with E-state index in [0.717, 1.165) is 37.8 Å². The van der Waals surface area contributed by atoms with Crippen LogP contribution in [0.15, 0.2) is 46.8 Å². The molecule has 5 nitrogen and oxygen atoms in total. The molecule has 1 aromatic carbocycles. The van der Waals surface area contributed by atoms with Crippen LogP contribution in [-0.4, -0.2) is 51.7 Å². The van der Waals surface area contributed by atoms with Crippen LogP contribution in [0.5, 0.6) is 5.75 Å². The van der Waals surface area contributed by atoms with Gasteiger partial charge in [0.25, 0.3) is 0 Å². The average Bonchev–Trinajstić information content (AvgIpc) is 3.16. The Labute approximate surface area is 184 Å². The molecule has 0 aliphatic carbocycles. The molecule has 1 atom stereocenters. The number of likely N-dealkylation sites (N-methyl/N-ethyl adjacent to an activating group) is 1. The highest BCUT2D eigenvalue weighted by atomic mass is 127. The highest BCUT2D eigenvalue weighted by Gasteiger charge is 2.14. The molecule has 150 valence electrons. The second-order valence-corrected chi connectivity index (χ2v) is 7.18. The number of guanidine groups is 1. The topological polar surface area (TPSA) is 48.9 Å². The van der Waals surface area contributed by atoms with Crippen LogP contribution in [0.3, 0.4) is 0 Å². The molecule has 1 heterocycles. The number of hydrogen-bond acceptors (Lipinski definition) is 4. The van der Waals surface area contributed by atoms with E-state index in [9.17, 15) is 0 Å². The third-order valence-electron chi connectivity index (χ3n) is 4.14.